The monoisotopic (exact) mass is 389 g/mol. The smallest absolute Gasteiger partial charge is 0.418 e. The topological polar surface area (TPSA) is 81.2 Å². The summed E-state index contributed by atoms with van der Waals surface area (Å²) in [5.74, 6) is -1.82. The fourth-order valence-corrected chi connectivity index (χ4v) is 2.40. The molecule has 0 aliphatic carbocycles. The Bertz CT molecular complexity index is 1040. The van der Waals surface area contributed by atoms with Crippen LogP contribution in [0.3, 0.4) is 0 Å². The molecule has 0 spiro atoms. The molecule has 0 bridgehead atoms. The van der Waals surface area contributed by atoms with Gasteiger partial charge in [-0.25, -0.2) is 9.78 Å². The number of nitrogens with one attached hydrogen (secondary N) is 1. The fourth-order valence-electron chi connectivity index (χ4n) is 2.40. The zero-order chi connectivity index (χ0) is 20.3. The number of aromatic nitrogens is 2. The highest BCUT2D eigenvalue weighted by molar-refractivity contribution is 5.97. The number of para-hydroxylation sites is 3. The summed E-state index contributed by atoms with van der Waals surface area (Å²) in [6.45, 7) is 1.25. The van der Waals surface area contributed by atoms with E-state index in [1.54, 1.807) is 24.3 Å². The van der Waals surface area contributed by atoms with Crippen LogP contribution in [0.1, 0.15) is 23.0 Å². The third-order valence-electron chi connectivity index (χ3n) is 3.80. The molecule has 0 aliphatic heterocycles. The van der Waals surface area contributed by atoms with Gasteiger partial charge in [-0.05, 0) is 31.2 Å². The Hall–Kier alpha value is -3.49. The molecule has 6 nitrogen and oxygen atoms in total. The van der Waals surface area contributed by atoms with Crippen molar-refractivity contribution in [1.29, 1.82) is 0 Å². The van der Waals surface area contributed by atoms with Crippen LogP contribution >= 0.6 is 0 Å². The number of halogens is 3. The molecule has 28 heavy (non-hydrogen) atoms. The first-order valence-corrected chi connectivity index (χ1v) is 8.15. The van der Waals surface area contributed by atoms with Crippen LogP contribution in [0.5, 0.6) is 0 Å². The van der Waals surface area contributed by atoms with Crippen molar-refractivity contribution in [3.05, 3.63) is 66.0 Å². The minimum absolute atomic E-state index is 0.117. The van der Waals surface area contributed by atoms with E-state index in [0.717, 1.165) is 12.1 Å². The summed E-state index contributed by atoms with van der Waals surface area (Å²) in [5.41, 5.74) is -0.494. The molecule has 0 saturated heterocycles. The van der Waals surface area contributed by atoms with E-state index in [2.05, 4.69) is 15.3 Å². The summed E-state index contributed by atoms with van der Waals surface area (Å²) in [7, 11) is 0. The number of carbonyl (C=O) groups excluding carboxylic acids is 2. The molecule has 1 N–H and O–H groups in total. The van der Waals surface area contributed by atoms with Gasteiger partial charge in [0.1, 0.15) is 0 Å². The van der Waals surface area contributed by atoms with Crippen molar-refractivity contribution in [3.8, 4) is 0 Å². The number of hydrogen-bond donors (Lipinski definition) is 1. The van der Waals surface area contributed by atoms with Gasteiger partial charge in [0.05, 0.1) is 28.5 Å². The number of amides is 1. The van der Waals surface area contributed by atoms with Gasteiger partial charge >= 0.3 is 12.1 Å². The molecule has 3 aromatic rings. The van der Waals surface area contributed by atoms with Crippen LogP contribution in [-0.4, -0.2) is 27.9 Å². The van der Waals surface area contributed by atoms with E-state index in [-0.39, 0.29) is 5.69 Å². The fraction of sp³-hybridized carbons (Fsp3) is 0.158. The Labute approximate surface area is 157 Å². The lowest BCUT2D eigenvalue weighted by Crippen LogP contribution is -2.31. The number of rotatable bonds is 4. The first-order chi connectivity index (χ1) is 13.3. The summed E-state index contributed by atoms with van der Waals surface area (Å²) in [5, 5.41) is 2.13. The summed E-state index contributed by atoms with van der Waals surface area (Å²) in [6, 6.07) is 11.4. The number of esters is 1. The highest BCUT2D eigenvalue weighted by Gasteiger charge is 2.34. The third kappa shape index (κ3) is 4.25. The van der Waals surface area contributed by atoms with E-state index in [1.807, 2.05) is 0 Å². The van der Waals surface area contributed by atoms with Gasteiger partial charge in [0.2, 0.25) is 0 Å². The Morgan fingerprint density at radius 3 is 2.39 bits per heavy atom. The maximum atomic E-state index is 13.0. The molecule has 2 aromatic carbocycles. The summed E-state index contributed by atoms with van der Waals surface area (Å²) in [4.78, 5) is 32.5. The number of fused-ring (bicyclic) bond motifs is 1. The van der Waals surface area contributed by atoms with Gasteiger partial charge in [0.15, 0.2) is 11.8 Å². The summed E-state index contributed by atoms with van der Waals surface area (Å²) >= 11 is 0. The van der Waals surface area contributed by atoms with Crippen molar-refractivity contribution in [1.82, 2.24) is 9.97 Å². The molecule has 0 fully saturated rings. The van der Waals surface area contributed by atoms with E-state index in [4.69, 9.17) is 4.74 Å². The molecular weight excluding hydrogens is 375 g/mol. The van der Waals surface area contributed by atoms with Crippen LogP contribution in [0.4, 0.5) is 18.9 Å². The van der Waals surface area contributed by atoms with Gasteiger partial charge in [-0.1, -0.05) is 24.3 Å². The molecular formula is C19H14F3N3O3. The first kappa shape index (κ1) is 19.3. The number of benzene rings is 2. The van der Waals surface area contributed by atoms with Crippen molar-refractivity contribution in [2.45, 2.75) is 19.2 Å². The second kappa shape index (κ2) is 7.63. The lowest BCUT2D eigenvalue weighted by atomic mass is 10.1. The van der Waals surface area contributed by atoms with Gasteiger partial charge in [-0.15, -0.1) is 0 Å². The van der Waals surface area contributed by atoms with Crippen molar-refractivity contribution in [2.24, 2.45) is 0 Å². The largest absolute Gasteiger partial charge is 0.448 e. The van der Waals surface area contributed by atoms with Gasteiger partial charge in [0.25, 0.3) is 5.91 Å². The third-order valence-corrected chi connectivity index (χ3v) is 3.80. The molecule has 1 atom stereocenters. The Morgan fingerprint density at radius 1 is 1.04 bits per heavy atom. The van der Waals surface area contributed by atoms with Gasteiger partial charge in [0, 0.05) is 0 Å². The molecule has 3 rings (SSSR count). The first-order valence-electron chi connectivity index (χ1n) is 8.15. The number of alkyl halides is 3. The van der Waals surface area contributed by atoms with E-state index in [1.165, 1.54) is 25.3 Å². The number of anilines is 1. The Morgan fingerprint density at radius 2 is 1.68 bits per heavy atom. The van der Waals surface area contributed by atoms with Crippen LogP contribution in [0.25, 0.3) is 11.0 Å². The lowest BCUT2D eigenvalue weighted by Gasteiger charge is -2.16. The Balaban J connectivity index is 1.71. The zero-order valence-electron chi connectivity index (χ0n) is 14.5. The highest BCUT2D eigenvalue weighted by Crippen LogP contribution is 2.34. The van der Waals surface area contributed by atoms with Crippen molar-refractivity contribution in [2.75, 3.05) is 5.32 Å². The normalized spacial score (nSPS) is 12.4. The minimum Gasteiger partial charge on any atom is -0.448 e. The molecule has 0 saturated carbocycles. The van der Waals surface area contributed by atoms with E-state index in [0.29, 0.717) is 11.0 Å². The maximum Gasteiger partial charge on any atom is 0.418 e. The van der Waals surface area contributed by atoms with Gasteiger partial charge < -0.3 is 10.1 Å². The molecule has 0 aliphatic rings. The summed E-state index contributed by atoms with van der Waals surface area (Å²) < 4.78 is 44.0. The molecule has 9 heteroatoms. The van der Waals surface area contributed by atoms with Crippen LogP contribution in [0, 0.1) is 0 Å². The van der Waals surface area contributed by atoms with Gasteiger partial charge in [-0.2, -0.15) is 13.2 Å². The molecule has 1 aromatic heterocycles. The standard InChI is InChI=1S/C19H14F3N3O3/c1-11(17(26)25-13-7-3-2-6-12(13)19(20,21)22)28-18(27)16-10-23-14-8-4-5-9-15(14)24-16/h2-11H,1H3,(H,25,26). The van der Waals surface area contributed by atoms with Crippen molar-refractivity contribution < 1.29 is 27.5 Å². The molecule has 1 amide bonds. The average molecular weight is 389 g/mol. The van der Waals surface area contributed by atoms with Crippen LogP contribution in [-0.2, 0) is 15.7 Å². The van der Waals surface area contributed by atoms with Crippen LogP contribution < -0.4 is 5.32 Å². The number of carbonyl (C=O) groups is 2. The van der Waals surface area contributed by atoms with Crippen molar-refractivity contribution >= 4 is 28.6 Å². The molecule has 0 radical (unpaired) electrons. The summed E-state index contributed by atoms with van der Waals surface area (Å²) in [6.07, 6.45) is -4.78. The van der Waals surface area contributed by atoms with Gasteiger partial charge in [-0.3, -0.25) is 9.78 Å². The maximum absolute atomic E-state index is 13.0. The number of nitrogens with zero attached hydrogens (tertiary/aromatic N) is 2. The molecule has 1 unspecified atom stereocenters. The highest BCUT2D eigenvalue weighted by atomic mass is 19.4. The predicted octanol–water partition coefficient (Wildman–Crippen LogP) is 3.83. The van der Waals surface area contributed by atoms with Crippen LogP contribution in [0.15, 0.2) is 54.7 Å². The molecule has 1 heterocycles. The second-order valence-electron chi connectivity index (χ2n) is 5.82. The average Bonchev–Trinajstić information content (AvgIpc) is 2.67. The zero-order valence-corrected chi connectivity index (χ0v) is 14.5. The SMILES string of the molecule is CC(OC(=O)c1cnc2ccccc2n1)C(=O)Nc1ccccc1C(F)(F)F. The quantitative estimate of drug-likeness (QED) is 0.686. The lowest BCUT2D eigenvalue weighted by molar-refractivity contribution is -0.137. The second-order valence-corrected chi connectivity index (χ2v) is 5.82. The van der Waals surface area contributed by atoms with E-state index >= 15 is 0 Å². The Kier molecular flexibility index (Phi) is 5.25. The van der Waals surface area contributed by atoms with Crippen molar-refractivity contribution in [3.63, 3.8) is 0 Å². The van der Waals surface area contributed by atoms with Crippen LogP contribution in [0.2, 0.25) is 0 Å². The van der Waals surface area contributed by atoms with E-state index in [9.17, 15) is 22.8 Å². The number of ether oxygens (including phenoxy) is 1. The molecule has 144 valence electrons. The minimum atomic E-state index is -4.63. The number of hydrogen-bond acceptors (Lipinski definition) is 5. The predicted molar refractivity (Wildman–Crippen MR) is 94.5 cm³/mol. The van der Waals surface area contributed by atoms with E-state index < -0.39 is 35.4 Å².